The summed E-state index contributed by atoms with van der Waals surface area (Å²) in [5, 5.41) is 12.7. The highest BCUT2D eigenvalue weighted by Gasteiger charge is 1.96. The Hall–Kier alpha value is -11.0. The van der Waals surface area contributed by atoms with Crippen molar-refractivity contribution in [3.63, 3.8) is 0 Å². The number of carboxylic acids is 1. The van der Waals surface area contributed by atoms with Gasteiger partial charge in [0.25, 0.3) is 16.1 Å². The maximum atomic E-state index is 9.19. The molecule has 14 aromatic carbocycles. The summed E-state index contributed by atoms with van der Waals surface area (Å²) < 4.78 is 25.9. The van der Waals surface area contributed by atoms with E-state index in [0.29, 0.717) is 6.26 Å². The van der Waals surface area contributed by atoms with Crippen LogP contribution in [0.25, 0.3) is 66.1 Å². The first kappa shape index (κ1) is 177. The van der Waals surface area contributed by atoms with Gasteiger partial charge in [0.15, 0.2) is 0 Å². The van der Waals surface area contributed by atoms with E-state index in [1.807, 2.05) is 417 Å². The van der Waals surface area contributed by atoms with E-state index in [-0.39, 0.29) is 0 Å². The van der Waals surface area contributed by atoms with Crippen LogP contribution in [0.1, 0.15) is 350 Å². The lowest BCUT2D eigenvalue weighted by Crippen LogP contribution is -1.88. The predicted molar refractivity (Wildman–Crippen MR) is 661 cm³/mol. The van der Waals surface area contributed by atoms with Crippen LogP contribution < -0.4 is 0 Å². The van der Waals surface area contributed by atoms with Crippen molar-refractivity contribution < 1.29 is 22.9 Å². The van der Waals surface area contributed by atoms with Gasteiger partial charge in [0, 0.05) is 6.92 Å². The average Bonchev–Trinajstić information content (AvgIpc) is 0.879. The van der Waals surface area contributed by atoms with Gasteiger partial charge < -0.3 is 5.11 Å². The normalized spacial score (nSPS) is 7.29. The quantitative estimate of drug-likeness (QED) is 0.171. The summed E-state index contributed by atoms with van der Waals surface area (Å²) >= 11 is 0. The number of hydrogen-bond acceptors (Lipinski definition) is 3. The molecule has 0 amide bonds. The van der Waals surface area contributed by atoms with Gasteiger partial charge in [-0.1, -0.05) is 744 Å². The van der Waals surface area contributed by atoms with Gasteiger partial charge in [0.2, 0.25) is 0 Å². The molecule has 0 aromatic heterocycles. The Balaban J connectivity index is -0.0000000604. The zero-order valence-electron chi connectivity index (χ0n) is 100. The number of fused-ring (bicyclic) bond motifs is 2. The summed E-state index contributed by atoms with van der Waals surface area (Å²) in [5.74, 6) is -0.833. The van der Waals surface area contributed by atoms with Crippen molar-refractivity contribution in [3.8, 4) is 44.5 Å². The number of aryl methyl sites for hydroxylation is 2. The third kappa shape index (κ3) is 136. The van der Waals surface area contributed by atoms with Gasteiger partial charge in [-0.05, 0) is 79.9 Å². The van der Waals surface area contributed by atoms with Crippen LogP contribution >= 0.6 is 0 Å². The molecule has 2 N–H and O–H groups in total. The molecule has 139 heavy (non-hydrogen) atoms. The Morgan fingerprint density at radius 2 is 0.216 bits per heavy atom. The van der Waals surface area contributed by atoms with E-state index in [9.17, 15) is 8.42 Å². The molecule has 0 bridgehead atoms. The summed E-state index contributed by atoms with van der Waals surface area (Å²) in [5.41, 5.74) is 12.9. The third-order valence-corrected chi connectivity index (χ3v) is 12.7. The summed E-state index contributed by atoms with van der Waals surface area (Å²) in [7, 11) is -3.67. The van der Waals surface area contributed by atoms with Crippen molar-refractivity contribution in [2.24, 2.45) is 0 Å². The SMILES string of the molecule is CC.CC.CC.CC.CC.CC.CC.CC.CC.CC.CC.CC.CC.CC.CC.CC.CC.CC.CC.CC.CC.CC.CC.CC.CC(=O)O.CS(=O)(=O)O.Cc1ccccc1.Cc1ccccc1.c1ccc(-c2ccccc2)cc1.c1ccc(-c2ccccc2)cc1.c1ccc(-c2ccccc2)cc1.c1ccc(-c2ccccc2)cc1.c1ccc2ccccc2c1.c1ccc2ccccc2c1. The molecule has 0 unspecified atom stereocenters. The third-order valence-electron chi connectivity index (χ3n) is 12.7. The van der Waals surface area contributed by atoms with Crippen LogP contribution in [0.3, 0.4) is 0 Å². The first-order valence-electron chi connectivity index (χ1n) is 53.8. The van der Waals surface area contributed by atoms with E-state index in [2.05, 4.69) is 329 Å². The van der Waals surface area contributed by atoms with E-state index >= 15 is 0 Å². The van der Waals surface area contributed by atoms with E-state index in [1.54, 1.807) is 0 Å². The maximum Gasteiger partial charge on any atom is 0.300 e. The molecule has 792 valence electrons. The topological polar surface area (TPSA) is 91.7 Å². The van der Waals surface area contributed by atoms with Crippen molar-refractivity contribution >= 4 is 37.6 Å². The zero-order valence-corrected chi connectivity index (χ0v) is 101. The lowest BCUT2D eigenvalue weighted by Gasteiger charge is -1.98. The monoisotopic (exact) mass is 1930 g/mol. The second-order valence-electron chi connectivity index (χ2n) is 20.2. The number of rotatable bonds is 4. The maximum absolute atomic E-state index is 9.19. The number of carboxylic acid groups (broad SMARTS) is 1. The summed E-state index contributed by atoms with van der Waals surface area (Å²) in [6, 6.07) is 137. The van der Waals surface area contributed by atoms with E-state index < -0.39 is 16.1 Å². The Morgan fingerprint density at radius 3 is 0.273 bits per heavy atom. The molecule has 5 nitrogen and oxygen atoms in total. The van der Waals surface area contributed by atoms with E-state index in [0.717, 1.165) is 6.92 Å². The van der Waals surface area contributed by atoms with Crippen molar-refractivity contribution in [2.45, 2.75) is 353 Å². The molecule has 0 aliphatic heterocycles. The van der Waals surface area contributed by atoms with Crippen molar-refractivity contribution in [2.75, 3.05) is 6.26 Å². The fourth-order valence-electron chi connectivity index (χ4n) is 8.38. The Labute approximate surface area is 870 Å². The van der Waals surface area contributed by atoms with Crippen LogP contribution in [0.15, 0.2) is 400 Å². The minimum atomic E-state index is -3.67. The first-order chi connectivity index (χ1) is 68.3. The Bertz CT molecular complexity index is 3510. The van der Waals surface area contributed by atoms with Crippen molar-refractivity contribution in [1.29, 1.82) is 0 Å². The Morgan fingerprint density at radius 1 is 0.158 bits per heavy atom. The lowest BCUT2D eigenvalue weighted by molar-refractivity contribution is -0.134. The molecule has 0 aliphatic rings. The Kier molecular flexibility index (Phi) is 228. The lowest BCUT2D eigenvalue weighted by atomic mass is 10.1. The zero-order chi connectivity index (χ0) is 113. The minimum Gasteiger partial charge on any atom is -0.481 e. The highest BCUT2D eigenvalue weighted by molar-refractivity contribution is 7.85. The molecular formula is C133H224O5S. The number of aliphatic carboxylic acids is 1. The van der Waals surface area contributed by atoms with Crippen LogP contribution in [-0.2, 0) is 14.9 Å². The molecule has 0 saturated heterocycles. The van der Waals surface area contributed by atoms with Crippen molar-refractivity contribution in [1.82, 2.24) is 0 Å². The second kappa shape index (κ2) is 179. The van der Waals surface area contributed by atoms with Crippen molar-refractivity contribution in [3.05, 3.63) is 412 Å². The number of hydrogen-bond donors (Lipinski definition) is 2. The molecule has 14 aromatic rings. The summed E-state index contributed by atoms with van der Waals surface area (Å²) in [6.45, 7) is 101. The minimum absolute atomic E-state index is 0.715. The van der Waals surface area contributed by atoms with Crippen LogP contribution in [0, 0.1) is 13.8 Å². The molecule has 6 heteroatoms. The van der Waals surface area contributed by atoms with Gasteiger partial charge in [-0.25, -0.2) is 0 Å². The highest BCUT2D eigenvalue weighted by Crippen LogP contribution is 2.21. The average molecular weight is 1940 g/mol. The fraction of sp³-hybridized carbons (Fsp3) is 0.391. The van der Waals surface area contributed by atoms with Crippen LogP contribution in [0.2, 0.25) is 0 Å². The fourth-order valence-corrected chi connectivity index (χ4v) is 8.38. The highest BCUT2D eigenvalue weighted by atomic mass is 32.2. The van der Waals surface area contributed by atoms with Gasteiger partial charge in [0.05, 0.1) is 6.26 Å². The molecule has 0 heterocycles. The molecule has 0 radical (unpaired) electrons. The molecule has 0 saturated carbocycles. The van der Waals surface area contributed by atoms with E-state index in [4.69, 9.17) is 14.5 Å². The molecular weight excluding hydrogens is 1710 g/mol. The number of carbonyl (C=O) groups is 1. The van der Waals surface area contributed by atoms with Crippen LogP contribution in [0.4, 0.5) is 0 Å². The smallest absolute Gasteiger partial charge is 0.300 e. The summed E-state index contributed by atoms with van der Waals surface area (Å²) in [4.78, 5) is 9.00. The van der Waals surface area contributed by atoms with Gasteiger partial charge in [-0.15, -0.1) is 0 Å². The van der Waals surface area contributed by atoms with E-state index in [1.165, 1.54) is 77.2 Å². The first-order valence-corrected chi connectivity index (χ1v) is 55.6. The standard InChI is InChI=1S/4C12H10.2C10H8.2C7H8.C2H4O2.24C2H6.CH4O3S/c4*1-3-7-11(8-4-1)12-9-5-2-6-10-12;2*1-2-6-10-8-4-3-7-9(10)5-1;2*1-7-5-3-2-4-6-7;1-2(3)4;24*1-2;1-5(2,3)4/h4*1-10H;2*1-8H;2*2-6H,1H3;1H3,(H,3,4);24*1-2H3;1H3,(H,2,3,4). The summed E-state index contributed by atoms with van der Waals surface area (Å²) in [6.07, 6.45) is 0.715. The molecule has 0 aliphatic carbocycles. The molecule has 14 rings (SSSR count). The largest absolute Gasteiger partial charge is 0.481 e. The van der Waals surface area contributed by atoms with Crippen LogP contribution in [-0.4, -0.2) is 30.3 Å². The van der Waals surface area contributed by atoms with Gasteiger partial charge >= 0.3 is 0 Å². The van der Waals surface area contributed by atoms with Gasteiger partial charge in [0.1, 0.15) is 0 Å². The van der Waals surface area contributed by atoms with Gasteiger partial charge in [-0.3, -0.25) is 9.35 Å². The molecule has 0 atom stereocenters. The van der Waals surface area contributed by atoms with Gasteiger partial charge in [-0.2, -0.15) is 8.42 Å². The predicted octanol–water partition coefficient (Wildman–Crippen LogP) is 47.3. The molecule has 0 spiro atoms. The second-order valence-corrected chi connectivity index (χ2v) is 21.6. The van der Waals surface area contributed by atoms with Crippen LogP contribution in [0.5, 0.6) is 0 Å². The number of benzene rings is 14. The molecule has 0 fully saturated rings.